The molecule has 0 spiro atoms. The summed E-state index contributed by atoms with van der Waals surface area (Å²) in [6, 6.07) is 3.75. The van der Waals surface area contributed by atoms with Crippen molar-refractivity contribution < 1.29 is 14.4 Å². The molecule has 1 aromatic heterocycles. The van der Waals surface area contributed by atoms with Crippen LogP contribution in [0.1, 0.15) is 77.7 Å². The molecule has 6 heteroatoms. The van der Waals surface area contributed by atoms with Crippen molar-refractivity contribution in [3.63, 3.8) is 0 Å². The summed E-state index contributed by atoms with van der Waals surface area (Å²) in [5.74, 6) is 2.62. The lowest BCUT2D eigenvalue weighted by molar-refractivity contribution is -0.128. The number of rotatable bonds is 6. The molecule has 1 N–H and O–H groups in total. The summed E-state index contributed by atoms with van der Waals surface area (Å²) in [7, 11) is 0. The smallest absolute Gasteiger partial charge is 0.261 e. The van der Waals surface area contributed by atoms with Crippen LogP contribution in [-0.4, -0.2) is 29.0 Å². The van der Waals surface area contributed by atoms with Crippen molar-refractivity contribution >= 4 is 17.4 Å². The van der Waals surface area contributed by atoms with Crippen LogP contribution in [0.3, 0.4) is 0 Å². The highest BCUT2D eigenvalue weighted by Crippen LogP contribution is 2.66. The predicted octanol–water partition coefficient (Wildman–Crippen LogP) is 5.24. The first kappa shape index (κ1) is 24.2. The van der Waals surface area contributed by atoms with Crippen LogP contribution in [0.25, 0.3) is 0 Å². The number of ketones is 1. The van der Waals surface area contributed by atoms with Crippen molar-refractivity contribution in [2.75, 3.05) is 6.61 Å². The number of hydrogen-bond donors (Lipinski definition) is 1. The maximum atomic E-state index is 12.4. The molecule has 1 heterocycles. The van der Waals surface area contributed by atoms with Gasteiger partial charge in [0.25, 0.3) is 5.91 Å². The molecule has 0 unspecified atom stereocenters. The summed E-state index contributed by atoms with van der Waals surface area (Å²) in [5, 5.41) is 7.18. The topological polar surface area (TPSA) is 80.6 Å². The third kappa shape index (κ3) is 4.45. The average molecular weight is 478 g/mol. The molecule has 188 valence electrons. The SMILES string of the molecule is CC(=O)[C@H]1CC[C@@H]2[C@H]3CCC4=CC(=NOCC(=O)NCc5ccncc5)CC[C@]4(C)[C@H]3CC[C@]12C. The predicted molar refractivity (Wildman–Crippen MR) is 135 cm³/mol. The van der Waals surface area contributed by atoms with E-state index in [0.717, 1.165) is 42.9 Å². The van der Waals surface area contributed by atoms with E-state index in [1.807, 2.05) is 19.1 Å². The zero-order chi connectivity index (χ0) is 24.6. The van der Waals surface area contributed by atoms with Gasteiger partial charge in [-0.15, -0.1) is 0 Å². The Morgan fingerprint density at radius 2 is 1.89 bits per heavy atom. The summed E-state index contributed by atoms with van der Waals surface area (Å²) in [6.07, 6.45) is 14.7. The molecule has 5 rings (SSSR count). The lowest BCUT2D eigenvalue weighted by Crippen LogP contribution is -2.51. The van der Waals surface area contributed by atoms with E-state index >= 15 is 0 Å². The first-order chi connectivity index (χ1) is 16.8. The van der Waals surface area contributed by atoms with Gasteiger partial charge in [-0.3, -0.25) is 14.6 Å². The number of pyridine rings is 1. The van der Waals surface area contributed by atoms with Crippen LogP contribution in [0.5, 0.6) is 0 Å². The summed E-state index contributed by atoms with van der Waals surface area (Å²) in [4.78, 5) is 33.9. The molecule has 0 aromatic carbocycles. The number of hydrogen-bond acceptors (Lipinski definition) is 5. The van der Waals surface area contributed by atoms with Gasteiger partial charge < -0.3 is 10.2 Å². The Balaban J connectivity index is 1.20. The fourth-order valence-electron chi connectivity index (χ4n) is 8.24. The third-order valence-corrected chi connectivity index (χ3v) is 10.1. The zero-order valence-corrected chi connectivity index (χ0v) is 21.4. The van der Waals surface area contributed by atoms with Crippen molar-refractivity contribution in [3.8, 4) is 0 Å². The van der Waals surface area contributed by atoms with Gasteiger partial charge in [-0.25, -0.2) is 0 Å². The molecule has 1 aromatic rings. The van der Waals surface area contributed by atoms with Gasteiger partial charge in [-0.2, -0.15) is 0 Å². The van der Waals surface area contributed by atoms with Crippen LogP contribution in [-0.2, 0) is 21.0 Å². The standard InChI is InChI=1S/C29H39N3O3/c1-19(33)24-6-7-25-23-5-4-21-16-22(8-12-28(21,2)26(23)9-13-29(24,25)3)32-35-18-27(34)31-17-20-10-14-30-15-11-20/h10-11,14-16,23-26H,4-9,12-13,17-18H2,1-3H3,(H,31,34)/t23-,24-,25-,26+,28+,29-/m1/s1. The molecule has 0 saturated heterocycles. The van der Waals surface area contributed by atoms with Gasteiger partial charge in [0.15, 0.2) is 6.61 Å². The molecule has 3 fully saturated rings. The van der Waals surface area contributed by atoms with Crippen molar-refractivity contribution in [1.29, 1.82) is 0 Å². The molecule has 0 aliphatic heterocycles. The molecule has 4 aliphatic rings. The van der Waals surface area contributed by atoms with E-state index in [1.54, 1.807) is 12.4 Å². The van der Waals surface area contributed by atoms with Crippen molar-refractivity contribution in [1.82, 2.24) is 10.3 Å². The van der Waals surface area contributed by atoms with Gasteiger partial charge in [-0.1, -0.05) is 24.6 Å². The monoisotopic (exact) mass is 477 g/mol. The lowest BCUT2D eigenvalue weighted by Gasteiger charge is -2.58. The van der Waals surface area contributed by atoms with Crippen molar-refractivity contribution in [2.45, 2.75) is 78.7 Å². The molecule has 6 nitrogen and oxygen atoms in total. The van der Waals surface area contributed by atoms with Gasteiger partial charge in [0.1, 0.15) is 5.78 Å². The third-order valence-electron chi connectivity index (χ3n) is 10.1. The Bertz CT molecular complexity index is 1030. The highest BCUT2D eigenvalue weighted by molar-refractivity contribution is 5.96. The van der Waals surface area contributed by atoms with Crippen LogP contribution in [0.15, 0.2) is 41.3 Å². The Labute approximate surface area is 209 Å². The zero-order valence-electron chi connectivity index (χ0n) is 21.4. The fraction of sp³-hybridized carbons (Fsp3) is 0.655. The summed E-state index contributed by atoms with van der Waals surface area (Å²) in [6.45, 7) is 7.08. The van der Waals surface area contributed by atoms with Crippen LogP contribution >= 0.6 is 0 Å². The second-order valence-corrected chi connectivity index (χ2v) is 11.8. The molecule has 35 heavy (non-hydrogen) atoms. The van der Waals surface area contributed by atoms with E-state index in [-0.39, 0.29) is 29.3 Å². The lowest BCUT2D eigenvalue weighted by atomic mass is 9.46. The number of carbonyl (C=O) groups excluding carboxylic acids is 2. The van der Waals surface area contributed by atoms with E-state index in [9.17, 15) is 9.59 Å². The van der Waals surface area contributed by atoms with Crippen molar-refractivity contribution in [2.24, 2.45) is 39.7 Å². The quantitative estimate of drug-likeness (QED) is 0.568. The first-order valence-electron chi connectivity index (χ1n) is 13.4. The molecule has 3 saturated carbocycles. The second-order valence-electron chi connectivity index (χ2n) is 11.8. The minimum Gasteiger partial charge on any atom is -0.385 e. The Hall–Kier alpha value is -2.50. The van der Waals surface area contributed by atoms with Crippen LogP contribution in [0.2, 0.25) is 0 Å². The number of oxime groups is 1. The van der Waals surface area contributed by atoms with E-state index in [0.29, 0.717) is 24.2 Å². The molecular formula is C29H39N3O3. The fourth-order valence-corrected chi connectivity index (χ4v) is 8.24. The summed E-state index contributed by atoms with van der Waals surface area (Å²) in [5.41, 5.74) is 3.90. The number of nitrogens with one attached hydrogen (secondary N) is 1. The van der Waals surface area contributed by atoms with E-state index in [2.05, 4.69) is 35.4 Å². The van der Waals surface area contributed by atoms with Gasteiger partial charge >= 0.3 is 0 Å². The Kier molecular flexibility index (Phi) is 6.58. The minimum absolute atomic E-state index is 0.0721. The van der Waals surface area contributed by atoms with Gasteiger partial charge in [0, 0.05) is 24.9 Å². The Morgan fingerprint density at radius 3 is 2.66 bits per heavy atom. The van der Waals surface area contributed by atoms with E-state index < -0.39 is 0 Å². The molecular weight excluding hydrogens is 438 g/mol. The van der Waals surface area contributed by atoms with Crippen LogP contribution in [0.4, 0.5) is 0 Å². The number of fused-ring (bicyclic) bond motifs is 5. The molecule has 1 amide bonds. The van der Waals surface area contributed by atoms with Gasteiger partial charge in [0.2, 0.25) is 0 Å². The van der Waals surface area contributed by atoms with Crippen LogP contribution < -0.4 is 5.32 Å². The highest BCUT2D eigenvalue weighted by atomic mass is 16.6. The first-order valence-corrected chi connectivity index (χ1v) is 13.4. The summed E-state index contributed by atoms with van der Waals surface area (Å²) >= 11 is 0. The maximum absolute atomic E-state index is 12.4. The number of allylic oxidation sites excluding steroid dienone is 2. The number of nitrogens with zero attached hydrogens (tertiary/aromatic N) is 2. The molecule has 4 aliphatic carbocycles. The highest BCUT2D eigenvalue weighted by Gasteiger charge is 2.59. The maximum Gasteiger partial charge on any atom is 0.261 e. The molecule has 0 radical (unpaired) electrons. The normalized spacial score (nSPS) is 37.0. The van der Waals surface area contributed by atoms with Crippen LogP contribution in [0, 0.1) is 34.5 Å². The largest absolute Gasteiger partial charge is 0.385 e. The van der Waals surface area contributed by atoms with Crippen molar-refractivity contribution in [3.05, 3.63) is 41.7 Å². The van der Waals surface area contributed by atoms with E-state index in [1.165, 1.54) is 31.3 Å². The number of amides is 1. The summed E-state index contributed by atoms with van der Waals surface area (Å²) < 4.78 is 0. The van der Waals surface area contributed by atoms with Gasteiger partial charge in [0.05, 0.1) is 5.71 Å². The number of aromatic nitrogens is 1. The van der Waals surface area contributed by atoms with E-state index in [4.69, 9.17) is 4.84 Å². The second kappa shape index (κ2) is 9.51. The molecule has 0 bridgehead atoms. The molecule has 6 atom stereocenters. The van der Waals surface area contributed by atoms with Gasteiger partial charge in [-0.05, 0) is 111 Å². The Morgan fingerprint density at radius 1 is 1.09 bits per heavy atom. The number of carbonyl (C=O) groups is 2. The average Bonchev–Trinajstić information content (AvgIpc) is 3.21. The number of Topliss-reactive ketones (excluding diaryl/α,β-unsaturated/α-hetero) is 1. The minimum atomic E-state index is -0.175.